The van der Waals surface area contributed by atoms with Gasteiger partial charge < -0.3 is 14.3 Å². The van der Waals surface area contributed by atoms with Crippen molar-refractivity contribution in [1.29, 1.82) is 0 Å². The van der Waals surface area contributed by atoms with Gasteiger partial charge in [-0.05, 0) is 32.8 Å². The zero-order chi connectivity index (χ0) is 15.0. The van der Waals surface area contributed by atoms with Crippen LogP contribution in [0.5, 0.6) is 0 Å². The number of carbonyl (C=O) groups is 1. The van der Waals surface area contributed by atoms with Crippen LogP contribution in [0.1, 0.15) is 59.3 Å². The van der Waals surface area contributed by atoms with Crippen LogP contribution in [0, 0.1) is 20.8 Å². The summed E-state index contributed by atoms with van der Waals surface area (Å²) in [5.41, 5.74) is 0.0471. The summed E-state index contributed by atoms with van der Waals surface area (Å²) < 4.78 is 10.5. The minimum absolute atomic E-state index is 0.145. The molecule has 1 aliphatic rings. The first-order chi connectivity index (χ1) is 10.00. The Balaban J connectivity index is 1.89. The van der Waals surface area contributed by atoms with Crippen molar-refractivity contribution in [3.8, 4) is 0 Å². The molecule has 0 spiro atoms. The zero-order valence-electron chi connectivity index (χ0n) is 12.5. The van der Waals surface area contributed by atoms with E-state index in [0.717, 1.165) is 31.4 Å². The molecule has 2 heterocycles. The Kier molecular flexibility index (Phi) is 3.31. The van der Waals surface area contributed by atoms with Gasteiger partial charge in [-0.15, -0.1) is 0 Å². The van der Waals surface area contributed by atoms with Crippen molar-refractivity contribution in [2.45, 2.75) is 52.0 Å². The van der Waals surface area contributed by atoms with Gasteiger partial charge in [0.25, 0.3) is 5.91 Å². The summed E-state index contributed by atoms with van der Waals surface area (Å²) in [6.07, 6.45) is 3.73. The van der Waals surface area contributed by atoms with Crippen LogP contribution in [0.4, 0.5) is 0 Å². The van der Waals surface area contributed by atoms with Crippen LogP contribution < -0.4 is 5.32 Å². The van der Waals surface area contributed by atoms with Crippen LogP contribution >= 0.6 is 0 Å². The largest absolute Gasteiger partial charge is 0.466 e. The van der Waals surface area contributed by atoms with Crippen molar-refractivity contribution in [2.24, 2.45) is 0 Å². The quantitative estimate of drug-likeness (QED) is 0.939. The first-order valence-electron chi connectivity index (χ1n) is 7.20. The number of hydrogen-bond donors (Lipinski definition) is 1. The number of aromatic nitrogens is 2. The van der Waals surface area contributed by atoms with Crippen LogP contribution in [-0.4, -0.2) is 16.0 Å². The van der Waals surface area contributed by atoms with Crippen LogP contribution in [0.15, 0.2) is 15.0 Å². The predicted molar refractivity (Wildman–Crippen MR) is 74.8 cm³/mol. The minimum atomic E-state index is -0.521. The number of aryl methyl sites for hydroxylation is 3. The van der Waals surface area contributed by atoms with Crippen LogP contribution in [0.3, 0.4) is 0 Å². The molecule has 0 saturated heterocycles. The molecule has 0 aromatic carbocycles. The lowest BCUT2D eigenvalue weighted by molar-refractivity contribution is 0.0890. The molecule has 1 aliphatic carbocycles. The highest BCUT2D eigenvalue weighted by Crippen LogP contribution is 2.37. The second-order valence-corrected chi connectivity index (χ2v) is 5.71. The number of amides is 1. The van der Waals surface area contributed by atoms with Crippen LogP contribution in [-0.2, 0) is 5.54 Å². The molecule has 2 aromatic heterocycles. The normalized spacial score (nSPS) is 17.1. The Morgan fingerprint density at radius 2 is 2.00 bits per heavy atom. The molecule has 1 amide bonds. The summed E-state index contributed by atoms with van der Waals surface area (Å²) in [7, 11) is 0. The molecule has 0 radical (unpaired) electrons. The van der Waals surface area contributed by atoms with Crippen molar-refractivity contribution >= 4 is 5.91 Å². The maximum Gasteiger partial charge on any atom is 0.255 e. The molecule has 6 heteroatoms. The van der Waals surface area contributed by atoms with Gasteiger partial charge in [-0.2, -0.15) is 4.98 Å². The second-order valence-electron chi connectivity index (χ2n) is 5.71. The summed E-state index contributed by atoms with van der Waals surface area (Å²) in [6, 6.07) is 1.76. The zero-order valence-corrected chi connectivity index (χ0v) is 12.5. The molecule has 0 unspecified atom stereocenters. The van der Waals surface area contributed by atoms with Crippen LogP contribution in [0.25, 0.3) is 0 Å². The molecule has 1 saturated carbocycles. The SMILES string of the molecule is Cc1cc(C(=O)NC2(c3noc(C)n3)CCCC2)c(C)o1. The van der Waals surface area contributed by atoms with E-state index in [-0.39, 0.29) is 5.91 Å². The third kappa shape index (κ3) is 2.46. The number of carbonyl (C=O) groups excluding carboxylic acids is 1. The van der Waals surface area contributed by atoms with E-state index in [4.69, 9.17) is 8.94 Å². The number of hydrogen-bond acceptors (Lipinski definition) is 5. The van der Waals surface area contributed by atoms with E-state index in [9.17, 15) is 4.79 Å². The smallest absolute Gasteiger partial charge is 0.255 e. The summed E-state index contributed by atoms with van der Waals surface area (Å²) >= 11 is 0. The van der Waals surface area contributed by atoms with E-state index in [0.29, 0.717) is 23.0 Å². The van der Waals surface area contributed by atoms with Crippen molar-refractivity contribution in [1.82, 2.24) is 15.5 Å². The van der Waals surface area contributed by atoms with Crippen LogP contribution in [0.2, 0.25) is 0 Å². The molecular weight excluding hydrogens is 270 g/mol. The van der Waals surface area contributed by atoms with Gasteiger partial charge in [0.05, 0.1) is 5.56 Å². The standard InChI is InChI=1S/C15H19N3O3/c1-9-8-12(10(2)20-9)13(19)17-15(6-4-5-7-15)14-16-11(3)21-18-14/h8H,4-7H2,1-3H3,(H,17,19). The Morgan fingerprint density at radius 3 is 2.52 bits per heavy atom. The lowest BCUT2D eigenvalue weighted by atomic mass is 9.96. The Bertz CT molecular complexity index is 666. The van der Waals surface area contributed by atoms with Gasteiger partial charge >= 0.3 is 0 Å². The molecule has 112 valence electrons. The molecule has 6 nitrogen and oxygen atoms in total. The first-order valence-corrected chi connectivity index (χ1v) is 7.20. The molecule has 1 N–H and O–H groups in total. The monoisotopic (exact) mass is 289 g/mol. The van der Waals surface area contributed by atoms with Gasteiger partial charge in [0.15, 0.2) is 5.82 Å². The number of nitrogens with one attached hydrogen (secondary N) is 1. The average molecular weight is 289 g/mol. The molecular formula is C15H19N3O3. The molecule has 0 atom stereocenters. The predicted octanol–water partition coefficient (Wildman–Crippen LogP) is 2.79. The van der Waals surface area contributed by atoms with Crippen molar-refractivity contribution in [3.05, 3.63) is 34.9 Å². The van der Waals surface area contributed by atoms with Gasteiger partial charge in [0.1, 0.15) is 17.1 Å². The van der Waals surface area contributed by atoms with Gasteiger partial charge in [-0.25, -0.2) is 0 Å². The molecule has 0 aliphatic heterocycles. The molecule has 2 aromatic rings. The first kappa shape index (κ1) is 13.9. The van der Waals surface area contributed by atoms with Crippen molar-refractivity contribution in [2.75, 3.05) is 0 Å². The third-order valence-corrected chi connectivity index (χ3v) is 4.05. The topological polar surface area (TPSA) is 81.2 Å². The average Bonchev–Trinajstić information content (AvgIpc) is 3.11. The summed E-state index contributed by atoms with van der Waals surface area (Å²) in [6.45, 7) is 5.38. The summed E-state index contributed by atoms with van der Waals surface area (Å²) in [5, 5.41) is 7.13. The van der Waals surface area contributed by atoms with E-state index in [1.54, 1.807) is 19.9 Å². The van der Waals surface area contributed by atoms with Gasteiger partial charge in [0.2, 0.25) is 5.89 Å². The van der Waals surface area contributed by atoms with Gasteiger partial charge in [-0.3, -0.25) is 4.79 Å². The lowest BCUT2D eigenvalue weighted by Crippen LogP contribution is -2.44. The highest BCUT2D eigenvalue weighted by Gasteiger charge is 2.41. The summed E-state index contributed by atoms with van der Waals surface area (Å²) in [5.74, 6) is 2.30. The Hall–Kier alpha value is -2.11. The van der Waals surface area contributed by atoms with E-state index < -0.39 is 5.54 Å². The fourth-order valence-corrected chi connectivity index (χ4v) is 3.02. The fraction of sp³-hybridized carbons (Fsp3) is 0.533. The van der Waals surface area contributed by atoms with Gasteiger partial charge in [0, 0.05) is 6.92 Å². The lowest BCUT2D eigenvalue weighted by Gasteiger charge is -2.26. The number of nitrogens with zero attached hydrogens (tertiary/aromatic N) is 2. The molecule has 21 heavy (non-hydrogen) atoms. The Morgan fingerprint density at radius 1 is 1.29 bits per heavy atom. The van der Waals surface area contributed by atoms with E-state index >= 15 is 0 Å². The molecule has 1 fully saturated rings. The fourth-order valence-electron chi connectivity index (χ4n) is 3.02. The molecule has 0 bridgehead atoms. The highest BCUT2D eigenvalue weighted by molar-refractivity contribution is 5.95. The maximum atomic E-state index is 12.6. The van der Waals surface area contributed by atoms with E-state index in [1.165, 1.54) is 0 Å². The van der Waals surface area contributed by atoms with Crippen molar-refractivity contribution < 1.29 is 13.7 Å². The van der Waals surface area contributed by atoms with Crippen molar-refractivity contribution in [3.63, 3.8) is 0 Å². The Labute approximate surface area is 122 Å². The number of furan rings is 1. The third-order valence-electron chi connectivity index (χ3n) is 4.05. The molecule has 3 rings (SSSR count). The van der Waals surface area contributed by atoms with Gasteiger partial charge in [-0.1, -0.05) is 18.0 Å². The van der Waals surface area contributed by atoms with E-state index in [1.807, 2.05) is 6.92 Å². The number of rotatable bonds is 3. The van der Waals surface area contributed by atoms with E-state index in [2.05, 4.69) is 15.5 Å². The second kappa shape index (κ2) is 5.02. The summed E-state index contributed by atoms with van der Waals surface area (Å²) in [4.78, 5) is 16.9. The highest BCUT2D eigenvalue weighted by atomic mass is 16.5. The minimum Gasteiger partial charge on any atom is -0.466 e. The maximum absolute atomic E-state index is 12.6.